The lowest BCUT2D eigenvalue weighted by Crippen LogP contribution is -2.05. The monoisotopic (exact) mass is 348 g/mol. The first-order valence-corrected chi connectivity index (χ1v) is 7.34. The topological polar surface area (TPSA) is 35.5 Å². The van der Waals surface area contributed by atoms with Gasteiger partial charge in [0.25, 0.3) is 0 Å². The van der Waals surface area contributed by atoms with Crippen molar-refractivity contribution in [1.29, 1.82) is 0 Å². The smallest absolute Gasteiger partial charge is 0.168 e. The average molecular weight is 349 g/mol. The third kappa shape index (κ3) is 3.64. The zero-order valence-electron chi connectivity index (χ0n) is 12.3. The first kappa shape index (κ1) is 15.6. The summed E-state index contributed by atoms with van der Waals surface area (Å²) in [5.74, 6) is 1.35. The van der Waals surface area contributed by atoms with Gasteiger partial charge in [0.15, 0.2) is 17.3 Å². The fourth-order valence-electron chi connectivity index (χ4n) is 2.12. The van der Waals surface area contributed by atoms with Crippen LogP contribution in [0.15, 0.2) is 40.9 Å². The number of Topliss-reactive ketones (excluding diaryl/α,β-unsaturated/α-hetero) is 1. The van der Waals surface area contributed by atoms with Gasteiger partial charge in [0.2, 0.25) is 0 Å². The highest BCUT2D eigenvalue weighted by Gasteiger charge is 2.12. The molecule has 2 rings (SSSR count). The summed E-state index contributed by atoms with van der Waals surface area (Å²) >= 11 is 3.45. The number of carbonyl (C=O) groups is 1. The van der Waals surface area contributed by atoms with E-state index in [4.69, 9.17) is 9.47 Å². The highest BCUT2D eigenvalue weighted by Crippen LogP contribution is 2.28. The van der Waals surface area contributed by atoms with Gasteiger partial charge in [-0.25, -0.2) is 0 Å². The molecule has 0 bridgehead atoms. The zero-order valence-corrected chi connectivity index (χ0v) is 13.9. The van der Waals surface area contributed by atoms with Gasteiger partial charge in [0.05, 0.1) is 14.2 Å². The molecule has 0 N–H and O–H groups in total. The Morgan fingerprint density at radius 2 is 1.76 bits per heavy atom. The van der Waals surface area contributed by atoms with Gasteiger partial charge in [-0.2, -0.15) is 0 Å². The van der Waals surface area contributed by atoms with Crippen molar-refractivity contribution in [2.24, 2.45) is 0 Å². The molecule has 0 saturated carbocycles. The second-order valence-electron chi connectivity index (χ2n) is 4.77. The molecule has 0 saturated heterocycles. The Balaban J connectivity index is 2.23. The second kappa shape index (κ2) is 6.76. The summed E-state index contributed by atoms with van der Waals surface area (Å²) < 4.78 is 11.3. The van der Waals surface area contributed by atoms with E-state index in [0.29, 0.717) is 23.5 Å². The molecule has 2 aromatic carbocycles. The van der Waals surface area contributed by atoms with Gasteiger partial charge >= 0.3 is 0 Å². The number of carbonyl (C=O) groups excluding carboxylic acids is 1. The van der Waals surface area contributed by atoms with E-state index in [-0.39, 0.29) is 5.78 Å². The number of ether oxygens (including phenoxy) is 2. The molecule has 0 aromatic heterocycles. The second-order valence-corrected chi connectivity index (χ2v) is 5.63. The number of hydrogen-bond acceptors (Lipinski definition) is 3. The average Bonchev–Trinajstić information content (AvgIpc) is 2.46. The van der Waals surface area contributed by atoms with E-state index < -0.39 is 0 Å². The molecule has 2 aromatic rings. The minimum atomic E-state index is 0.0640. The molecule has 3 nitrogen and oxygen atoms in total. The molecule has 0 spiro atoms. The minimum absolute atomic E-state index is 0.0640. The highest BCUT2D eigenvalue weighted by molar-refractivity contribution is 9.10. The molecule has 0 fully saturated rings. The summed E-state index contributed by atoms with van der Waals surface area (Å²) in [6.45, 7) is 1.99. The number of rotatable bonds is 5. The van der Waals surface area contributed by atoms with Crippen molar-refractivity contribution in [2.75, 3.05) is 14.2 Å². The lowest BCUT2D eigenvalue weighted by Gasteiger charge is -2.10. The van der Waals surface area contributed by atoms with E-state index in [9.17, 15) is 4.79 Å². The normalized spacial score (nSPS) is 10.3. The number of halogens is 1. The van der Waals surface area contributed by atoms with Crippen molar-refractivity contribution in [3.63, 3.8) is 0 Å². The Morgan fingerprint density at radius 1 is 1.05 bits per heavy atom. The predicted molar refractivity (Wildman–Crippen MR) is 86.5 cm³/mol. The molecule has 0 aliphatic rings. The van der Waals surface area contributed by atoms with E-state index in [0.717, 1.165) is 15.6 Å². The molecule has 0 unspecified atom stereocenters. The van der Waals surface area contributed by atoms with Crippen LogP contribution in [0.5, 0.6) is 11.5 Å². The van der Waals surface area contributed by atoms with Crippen molar-refractivity contribution in [2.45, 2.75) is 13.3 Å². The van der Waals surface area contributed by atoms with Gasteiger partial charge < -0.3 is 9.47 Å². The Kier molecular flexibility index (Phi) is 5.02. The quantitative estimate of drug-likeness (QED) is 0.759. The molecule has 0 radical (unpaired) electrons. The van der Waals surface area contributed by atoms with Crippen molar-refractivity contribution in [3.05, 3.63) is 57.6 Å². The lowest BCUT2D eigenvalue weighted by molar-refractivity contribution is 0.0992. The van der Waals surface area contributed by atoms with Crippen molar-refractivity contribution in [1.82, 2.24) is 0 Å². The SMILES string of the molecule is COc1ccc(CC(=O)c2ccc(C)cc2Br)cc1OC. The van der Waals surface area contributed by atoms with Crippen molar-refractivity contribution in [3.8, 4) is 11.5 Å². The molecule has 110 valence electrons. The maximum absolute atomic E-state index is 12.4. The van der Waals surface area contributed by atoms with Crippen molar-refractivity contribution >= 4 is 21.7 Å². The number of ketones is 1. The highest BCUT2D eigenvalue weighted by atomic mass is 79.9. The standard InChI is InChI=1S/C17H17BrO3/c1-11-4-6-13(14(18)8-11)15(19)9-12-5-7-16(20-2)17(10-12)21-3/h4-8,10H,9H2,1-3H3. The third-order valence-corrected chi connectivity index (χ3v) is 3.89. The molecule has 4 heteroatoms. The predicted octanol–water partition coefficient (Wildman–Crippen LogP) is 4.20. The Bertz CT molecular complexity index is 665. The summed E-state index contributed by atoms with van der Waals surface area (Å²) in [6.07, 6.45) is 0.321. The summed E-state index contributed by atoms with van der Waals surface area (Å²) in [6, 6.07) is 11.3. The molecule has 21 heavy (non-hydrogen) atoms. The number of methoxy groups -OCH3 is 2. The fraction of sp³-hybridized carbons (Fsp3) is 0.235. The van der Waals surface area contributed by atoms with Crippen LogP contribution in [0.3, 0.4) is 0 Å². The Morgan fingerprint density at radius 3 is 2.38 bits per heavy atom. The number of benzene rings is 2. The van der Waals surface area contributed by atoms with Crippen LogP contribution in [0.2, 0.25) is 0 Å². The van der Waals surface area contributed by atoms with Gasteiger partial charge in [0.1, 0.15) is 0 Å². The summed E-state index contributed by atoms with van der Waals surface area (Å²) in [7, 11) is 3.17. The van der Waals surface area contributed by atoms with E-state index in [1.807, 2.05) is 43.3 Å². The molecule has 0 heterocycles. The molecule has 0 aliphatic heterocycles. The van der Waals surface area contributed by atoms with Crippen LogP contribution in [0.1, 0.15) is 21.5 Å². The van der Waals surface area contributed by atoms with Crippen LogP contribution >= 0.6 is 15.9 Å². The minimum Gasteiger partial charge on any atom is -0.493 e. The molecule has 0 atom stereocenters. The van der Waals surface area contributed by atoms with Crippen molar-refractivity contribution < 1.29 is 14.3 Å². The van der Waals surface area contributed by atoms with Gasteiger partial charge in [-0.3, -0.25) is 4.79 Å². The lowest BCUT2D eigenvalue weighted by atomic mass is 10.0. The fourth-order valence-corrected chi connectivity index (χ4v) is 2.83. The molecule has 0 amide bonds. The third-order valence-electron chi connectivity index (χ3n) is 3.24. The molecular weight excluding hydrogens is 332 g/mol. The first-order chi connectivity index (χ1) is 10.0. The van der Waals surface area contributed by atoms with Crippen LogP contribution in [0, 0.1) is 6.92 Å². The summed E-state index contributed by atoms with van der Waals surface area (Å²) in [5, 5.41) is 0. The Hall–Kier alpha value is -1.81. The van der Waals surface area contributed by atoms with Crippen LogP contribution in [-0.4, -0.2) is 20.0 Å². The van der Waals surface area contributed by atoms with E-state index in [1.54, 1.807) is 14.2 Å². The maximum Gasteiger partial charge on any atom is 0.168 e. The van der Waals surface area contributed by atoms with Crippen LogP contribution < -0.4 is 9.47 Å². The summed E-state index contributed by atoms with van der Waals surface area (Å²) in [5.41, 5.74) is 2.70. The van der Waals surface area contributed by atoms with Gasteiger partial charge in [-0.15, -0.1) is 0 Å². The maximum atomic E-state index is 12.4. The van der Waals surface area contributed by atoms with Gasteiger partial charge in [-0.05, 0) is 42.3 Å². The van der Waals surface area contributed by atoms with E-state index in [2.05, 4.69) is 15.9 Å². The molecular formula is C17H17BrO3. The summed E-state index contributed by atoms with van der Waals surface area (Å²) in [4.78, 5) is 12.4. The molecule has 0 aliphatic carbocycles. The number of hydrogen-bond donors (Lipinski definition) is 0. The van der Waals surface area contributed by atoms with Crippen LogP contribution in [-0.2, 0) is 6.42 Å². The van der Waals surface area contributed by atoms with Crippen LogP contribution in [0.4, 0.5) is 0 Å². The zero-order chi connectivity index (χ0) is 15.4. The van der Waals surface area contributed by atoms with Gasteiger partial charge in [-0.1, -0.05) is 28.1 Å². The van der Waals surface area contributed by atoms with E-state index in [1.165, 1.54) is 0 Å². The van der Waals surface area contributed by atoms with Gasteiger partial charge in [0, 0.05) is 16.5 Å². The first-order valence-electron chi connectivity index (χ1n) is 6.55. The largest absolute Gasteiger partial charge is 0.493 e. The van der Waals surface area contributed by atoms with Crippen LogP contribution in [0.25, 0.3) is 0 Å². The van der Waals surface area contributed by atoms with E-state index >= 15 is 0 Å². The number of aryl methyl sites for hydroxylation is 1. The Labute approximate surface area is 133 Å².